The molecule has 0 saturated heterocycles. The number of nitrogens with zero attached hydrogens (tertiary/aromatic N) is 4. The molecule has 1 saturated carbocycles. The smallest absolute Gasteiger partial charge is 0.261 e. The van der Waals surface area contributed by atoms with Crippen LogP contribution in [0.25, 0.3) is 5.65 Å². The summed E-state index contributed by atoms with van der Waals surface area (Å²) < 4.78 is 6.93. The average molecular weight is 422 g/mol. The van der Waals surface area contributed by atoms with E-state index in [1.54, 1.807) is 36.8 Å². The number of carbonyl (C=O) groups is 1. The molecule has 31 heavy (non-hydrogen) atoms. The first-order valence-electron chi connectivity index (χ1n) is 10.1. The molecule has 0 atom stereocenters. The molecule has 1 aromatic carbocycles. The molecule has 0 spiro atoms. The number of hydrogen-bond acceptors (Lipinski definition) is 7. The lowest BCUT2D eigenvalue weighted by Crippen LogP contribution is -2.42. The van der Waals surface area contributed by atoms with Crippen LogP contribution >= 0.6 is 0 Å². The maximum Gasteiger partial charge on any atom is 0.261 e. The van der Waals surface area contributed by atoms with Gasteiger partial charge in [0.25, 0.3) is 5.91 Å². The van der Waals surface area contributed by atoms with Gasteiger partial charge >= 0.3 is 0 Å². The van der Waals surface area contributed by atoms with Crippen molar-refractivity contribution in [3.05, 3.63) is 47.9 Å². The molecule has 0 aliphatic heterocycles. The number of aliphatic imine (C=N–C) groups is 1. The van der Waals surface area contributed by atoms with Crippen LogP contribution in [0.2, 0.25) is 0 Å². The maximum atomic E-state index is 12.9. The van der Waals surface area contributed by atoms with Gasteiger partial charge in [-0.25, -0.2) is 9.50 Å². The van der Waals surface area contributed by atoms with Crippen LogP contribution in [0, 0.1) is 5.92 Å². The number of amides is 1. The Morgan fingerprint density at radius 1 is 1.42 bits per heavy atom. The third-order valence-electron chi connectivity index (χ3n) is 5.71. The van der Waals surface area contributed by atoms with E-state index in [-0.39, 0.29) is 17.9 Å². The summed E-state index contributed by atoms with van der Waals surface area (Å²) in [6.45, 7) is 3.65. The molecule has 2 aromatic heterocycles. The van der Waals surface area contributed by atoms with Crippen molar-refractivity contribution in [1.29, 1.82) is 0 Å². The predicted octanol–water partition coefficient (Wildman–Crippen LogP) is 2.54. The number of aliphatic hydroxyl groups is 1. The summed E-state index contributed by atoms with van der Waals surface area (Å²) >= 11 is 0. The van der Waals surface area contributed by atoms with E-state index in [9.17, 15) is 9.90 Å². The number of nitrogens with two attached hydrogens (primary N) is 1. The van der Waals surface area contributed by atoms with Gasteiger partial charge in [0.05, 0.1) is 30.6 Å². The van der Waals surface area contributed by atoms with Crippen molar-refractivity contribution in [2.45, 2.75) is 38.3 Å². The first kappa shape index (κ1) is 20.8. The molecule has 1 amide bonds. The minimum absolute atomic E-state index is 0.154. The molecule has 1 aliphatic carbocycles. The highest BCUT2D eigenvalue weighted by atomic mass is 16.5. The number of nitrogens with one attached hydrogen (secondary N) is 1. The second kappa shape index (κ2) is 7.99. The second-order valence-corrected chi connectivity index (χ2v) is 8.34. The number of rotatable bonds is 6. The third-order valence-corrected chi connectivity index (χ3v) is 5.71. The molecule has 0 unspecified atom stereocenters. The van der Waals surface area contributed by atoms with Gasteiger partial charge < -0.3 is 20.9 Å². The number of methoxy groups -OCH3 is 1. The van der Waals surface area contributed by atoms with Crippen molar-refractivity contribution < 1.29 is 14.6 Å². The van der Waals surface area contributed by atoms with Gasteiger partial charge in [0.15, 0.2) is 5.65 Å². The molecule has 9 heteroatoms. The van der Waals surface area contributed by atoms with E-state index >= 15 is 0 Å². The van der Waals surface area contributed by atoms with Crippen LogP contribution in [0.5, 0.6) is 5.75 Å². The molecule has 1 aliphatic rings. The van der Waals surface area contributed by atoms with E-state index in [0.717, 1.165) is 12.8 Å². The standard InChI is InChI=1S/C22H26N6O3/c1-22(2,30)14-8-15(9-14)25-11-13-7-18(19(31-3)10-17(13)23)27-21(29)16-12-26-28-6-4-5-24-20(16)28/h4-7,10-12,14-15,30H,8-9,23H2,1-3H3,(H,27,29). The first-order chi connectivity index (χ1) is 14.8. The van der Waals surface area contributed by atoms with Crippen molar-refractivity contribution in [1.82, 2.24) is 14.6 Å². The molecule has 162 valence electrons. The zero-order valence-corrected chi connectivity index (χ0v) is 17.7. The van der Waals surface area contributed by atoms with Crippen LogP contribution < -0.4 is 15.8 Å². The minimum Gasteiger partial charge on any atom is -0.494 e. The van der Waals surface area contributed by atoms with Crippen LogP contribution in [0.15, 0.2) is 41.8 Å². The summed E-state index contributed by atoms with van der Waals surface area (Å²) in [5.41, 5.74) is 7.94. The average Bonchev–Trinajstić information content (AvgIpc) is 3.12. The molecule has 2 heterocycles. The van der Waals surface area contributed by atoms with E-state index < -0.39 is 5.60 Å². The van der Waals surface area contributed by atoms with Crippen LogP contribution in [0.1, 0.15) is 42.6 Å². The molecular weight excluding hydrogens is 396 g/mol. The number of ether oxygens (including phenoxy) is 1. The van der Waals surface area contributed by atoms with E-state index in [0.29, 0.717) is 33.9 Å². The summed E-state index contributed by atoms with van der Waals surface area (Å²) in [4.78, 5) is 21.7. The molecule has 3 aromatic rings. The van der Waals surface area contributed by atoms with Crippen LogP contribution in [-0.2, 0) is 0 Å². The highest BCUT2D eigenvalue weighted by Gasteiger charge is 2.38. The Labute approximate surface area is 180 Å². The van der Waals surface area contributed by atoms with Crippen molar-refractivity contribution in [3.63, 3.8) is 0 Å². The van der Waals surface area contributed by atoms with Crippen molar-refractivity contribution in [3.8, 4) is 5.75 Å². The lowest BCUT2D eigenvalue weighted by molar-refractivity contribution is -0.0254. The summed E-state index contributed by atoms with van der Waals surface area (Å²) in [7, 11) is 1.51. The Kier molecular flexibility index (Phi) is 5.36. The normalized spacial score (nSPS) is 18.8. The van der Waals surface area contributed by atoms with Gasteiger partial charge in [-0.3, -0.25) is 9.79 Å². The second-order valence-electron chi connectivity index (χ2n) is 8.34. The number of anilines is 2. The van der Waals surface area contributed by atoms with E-state index in [1.165, 1.54) is 17.8 Å². The van der Waals surface area contributed by atoms with Gasteiger partial charge in [-0.05, 0) is 44.7 Å². The number of hydrogen-bond donors (Lipinski definition) is 3. The molecule has 4 rings (SSSR count). The van der Waals surface area contributed by atoms with E-state index in [1.807, 2.05) is 13.8 Å². The fraction of sp³-hybridized carbons (Fsp3) is 0.364. The summed E-state index contributed by atoms with van der Waals surface area (Å²) in [5.74, 6) is 0.335. The van der Waals surface area contributed by atoms with Gasteiger partial charge in [0.1, 0.15) is 11.3 Å². The minimum atomic E-state index is -0.685. The number of nitrogen functional groups attached to an aromatic ring is 1. The van der Waals surface area contributed by atoms with Crippen LogP contribution in [-0.4, -0.2) is 50.6 Å². The lowest BCUT2D eigenvalue weighted by Gasteiger charge is -2.40. The quantitative estimate of drug-likeness (QED) is 0.414. The van der Waals surface area contributed by atoms with Crippen LogP contribution in [0.3, 0.4) is 0 Å². The topological polar surface area (TPSA) is 127 Å². The first-order valence-corrected chi connectivity index (χ1v) is 10.1. The number of fused-ring (bicyclic) bond motifs is 1. The molecule has 0 bridgehead atoms. The highest BCUT2D eigenvalue weighted by Crippen LogP contribution is 2.38. The summed E-state index contributed by atoms with van der Waals surface area (Å²) in [6, 6.07) is 5.29. The third kappa shape index (κ3) is 4.22. The number of carbonyl (C=O) groups excluding carboxylic acids is 1. The predicted molar refractivity (Wildman–Crippen MR) is 119 cm³/mol. The fourth-order valence-corrected chi connectivity index (χ4v) is 3.64. The zero-order valence-electron chi connectivity index (χ0n) is 17.7. The van der Waals surface area contributed by atoms with Gasteiger partial charge in [-0.1, -0.05) is 0 Å². The maximum absolute atomic E-state index is 12.9. The number of aromatic nitrogens is 3. The van der Waals surface area contributed by atoms with Crippen molar-refractivity contribution in [2.24, 2.45) is 10.9 Å². The summed E-state index contributed by atoms with van der Waals surface area (Å²) in [5, 5.41) is 17.1. The number of benzene rings is 1. The van der Waals surface area contributed by atoms with Gasteiger partial charge in [-0.15, -0.1) is 0 Å². The lowest BCUT2D eigenvalue weighted by atomic mass is 9.71. The van der Waals surface area contributed by atoms with E-state index in [2.05, 4.69) is 20.4 Å². The zero-order chi connectivity index (χ0) is 22.2. The Hall–Kier alpha value is -3.46. The Morgan fingerprint density at radius 2 is 2.19 bits per heavy atom. The van der Waals surface area contributed by atoms with Gasteiger partial charge in [0.2, 0.25) is 0 Å². The summed E-state index contributed by atoms with van der Waals surface area (Å²) in [6.07, 6.45) is 8.18. The largest absolute Gasteiger partial charge is 0.494 e. The van der Waals surface area contributed by atoms with Gasteiger partial charge in [0, 0.05) is 35.9 Å². The molecular formula is C22H26N6O3. The Morgan fingerprint density at radius 3 is 2.90 bits per heavy atom. The van der Waals surface area contributed by atoms with Gasteiger partial charge in [-0.2, -0.15) is 5.10 Å². The molecule has 1 fully saturated rings. The monoisotopic (exact) mass is 422 g/mol. The van der Waals surface area contributed by atoms with Crippen LogP contribution in [0.4, 0.5) is 11.4 Å². The Balaban J connectivity index is 1.54. The molecule has 9 nitrogen and oxygen atoms in total. The SMILES string of the molecule is COc1cc(N)c(C=NC2CC(C(C)(C)O)C2)cc1NC(=O)c1cnn2cccnc12. The van der Waals surface area contributed by atoms with Crippen molar-refractivity contribution in [2.75, 3.05) is 18.2 Å². The van der Waals surface area contributed by atoms with Crippen molar-refractivity contribution >= 4 is 29.1 Å². The fourth-order valence-electron chi connectivity index (χ4n) is 3.64. The molecule has 4 N–H and O–H groups in total. The van der Waals surface area contributed by atoms with E-state index in [4.69, 9.17) is 10.5 Å². The molecule has 0 radical (unpaired) electrons. The Bertz CT molecular complexity index is 1140. The highest BCUT2D eigenvalue weighted by molar-refractivity contribution is 6.09.